The summed E-state index contributed by atoms with van der Waals surface area (Å²) in [7, 11) is -3.51. The van der Waals surface area contributed by atoms with E-state index in [0.29, 0.717) is 4.21 Å². The molecule has 0 aliphatic carbocycles. The molecule has 0 saturated heterocycles. The number of nitrogens with one attached hydrogen (secondary N) is 1. The van der Waals surface area contributed by atoms with Gasteiger partial charge in [0.2, 0.25) is 10.0 Å². The molecule has 0 atom stereocenters. The summed E-state index contributed by atoms with van der Waals surface area (Å²) in [6.45, 7) is 0.214. The van der Waals surface area contributed by atoms with E-state index < -0.39 is 10.0 Å². The molecule has 5 nitrogen and oxygen atoms in total. The maximum Gasteiger partial charge on any atom is 0.250 e. The Morgan fingerprint density at radius 2 is 2.05 bits per heavy atom. The van der Waals surface area contributed by atoms with Gasteiger partial charge in [0.1, 0.15) is 4.21 Å². The Bertz CT molecular complexity index is 873. The van der Waals surface area contributed by atoms with E-state index in [-0.39, 0.29) is 6.54 Å². The number of aromatic nitrogens is 2. The van der Waals surface area contributed by atoms with Crippen LogP contribution in [0, 0.1) is 0 Å². The fourth-order valence-corrected chi connectivity index (χ4v) is 5.06. The third-order valence-electron chi connectivity index (χ3n) is 3.04. The number of hydrogen-bond donors (Lipinski definition) is 1. The molecule has 2 heterocycles. The predicted molar refractivity (Wildman–Crippen MR) is 89.6 cm³/mol. The Hall–Kier alpha value is -1.48. The van der Waals surface area contributed by atoms with Crippen LogP contribution in [0.1, 0.15) is 5.56 Å². The van der Waals surface area contributed by atoms with Crippen LogP contribution in [0.3, 0.4) is 0 Å². The molecule has 0 bridgehead atoms. The van der Waals surface area contributed by atoms with Crippen molar-refractivity contribution in [2.24, 2.45) is 0 Å². The largest absolute Gasteiger partial charge is 0.306 e. The summed E-state index contributed by atoms with van der Waals surface area (Å²) in [5.74, 6) is 0. The molecular weight excluding hydrogens is 386 g/mol. The molecule has 3 aromatic rings. The quantitative estimate of drug-likeness (QED) is 0.718. The summed E-state index contributed by atoms with van der Waals surface area (Å²) >= 11 is 4.46. The van der Waals surface area contributed by atoms with Crippen molar-refractivity contribution < 1.29 is 8.42 Å². The Morgan fingerprint density at radius 1 is 1.23 bits per heavy atom. The topological polar surface area (TPSA) is 64.0 Å². The average Bonchev–Trinajstić information content (AvgIpc) is 3.17. The number of para-hydroxylation sites is 1. The van der Waals surface area contributed by atoms with Crippen molar-refractivity contribution >= 4 is 37.3 Å². The van der Waals surface area contributed by atoms with Crippen molar-refractivity contribution in [2.45, 2.75) is 10.8 Å². The zero-order valence-corrected chi connectivity index (χ0v) is 14.5. The molecule has 2 aromatic heterocycles. The molecule has 0 aliphatic rings. The number of sulfonamides is 1. The third-order valence-corrected chi connectivity index (χ3v) is 6.56. The van der Waals surface area contributed by atoms with Crippen LogP contribution in [0.4, 0.5) is 0 Å². The Balaban J connectivity index is 1.83. The second-order valence-electron chi connectivity index (χ2n) is 4.48. The van der Waals surface area contributed by atoms with Crippen LogP contribution in [0.25, 0.3) is 5.69 Å². The molecule has 0 fully saturated rings. The predicted octanol–water partition coefficient (Wildman–Crippen LogP) is 3.17. The lowest BCUT2D eigenvalue weighted by Gasteiger charge is -2.11. The minimum absolute atomic E-state index is 0.214. The molecule has 1 N–H and O–H groups in total. The number of benzene rings is 1. The zero-order valence-electron chi connectivity index (χ0n) is 11.3. The highest BCUT2D eigenvalue weighted by atomic mass is 79.9. The van der Waals surface area contributed by atoms with Crippen LogP contribution in [0.5, 0.6) is 0 Å². The van der Waals surface area contributed by atoms with Gasteiger partial charge >= 0.3 is 0 Å². The molecule has 0 amide bonds. The van der Waals surface area contributed by atoms with Gasteiger partial charge in [0.15, 0.2) is 0 Å². The lowest BCUT2D eigenvalue weighted by Crippen LogP contribution is -2.23. The Morgan fingerprint density at radius 3 is 2.73 bits per heavy atom. The van der Waals surface area contributed by atoms with Crippen molar-refractivity contribution in [3.8, 4) is 5.69 Å². The van der Waals surface area contributed by atoms with Crippen LogP contribution < -0.4 is 4.72 Å². The first-order valence-electron chi connectivity index (χ1n) is 6.37. The summed E-state index contributed by atoms with van der Waals surface area (Å²) in [5, 5.41) is 0. The van der Waals surface area contributed by atoms with Crippen LogP contribution in [-0.4, -0.2) is 18.0 Å². The summed E-state index contributed by atoms with van der Waals surface area (Å²) in [5.41, 5.74) is 1.77. The van der Waals surface area contributed by atoms with E-state index in [4.69, 9.17) is 0 Å². The highest BCUT2D eigenvalue weighted by molar-refractivity contribution is 9.11. The minimum atomic E-state index is -3.51. The number of halogens is 1. The van der Waals surface area contributed by atoms with Crippen molar-refractivity contribution in [1.82, 2.24) is 14.3 Å². The molecule has 8 heteroatoms. The van der Waals surface area contributed by atoms with Crippen LogP contribution in [0.15, 0.2) is 63.1 Å². The standard InChI is InChI=1S/C14H12BrN3O2S2/c15-13-5-6-14(21-13)22(19,20)17-9-11-3-1-2-4-12(11)18-8-7-16-10-18/h1-8,10,17H,9H2. The first kappa shape index (κ1) is 15.4. The van der Waals surface area contributed by atoms with Gasteiger partial charge in [-0.2, -0.15) is 0 Å². The van der Waals surface area contributed by atoms with Gasteiger partial charge < -0.3 is 4.57 Å². The highest BCUT2D eigenvalue weighted by Gasteiger charge is 2.17. The fourth-order valence-electron chi connectivity index (χ4n) is 2.00. The van der Waals surface area contributed by atoms with E-state index in [1.165, 1.54) is 11.3 Å². The molecule has 3 rings (SSSR count). The van der Waals surface area contributed by atoms with Crippen LogP contribution >= 0.6 is 27.3 Å². The van der Waals surface area contributed by atoms with Gasteiger partial charge in [-0.3, -0.25) is 0 Å². The molecule has 0 aliphatic heterocycles. The lowest BCUT2D eigenvalue weighted by atomic mass is 10.2. The van der Waals surface area contributed by atoms with E-state index in [1.54, 1.807) is 24.7 Å². The van der Waals surface area contributed by atoms with Gasteiger partial charge in [-0.1, -0.05) is 18.2 Å². The fraction of sp³-hybridized carbons (Fsp3) is 0.0714. The Kier molecular flexibility index (Phi) is 4.44. The number of thiophene rings is 1. The number of imidazole rings is 1. The molecule has 0 spiro atoms. The second kappa shape index (κ2) is 6.33. The van der Waals surface area contributed by atoms with E-state index in [1.807, 2.05) is 35.0 Å². The highest BCUT2D eigenvalue weighted by Crippen LogP contribution is 2.26. The summed E-state index contributed by atoms with van der Waals surface area (Å²) in [6.07, 6.45) is 5.19. The molecule has 22 heavy (non-hydrogen) atoms. The van der Waals surface area contributed by atoms with Crippen LogP contribution in [0.2, 0.25) is 0 Å². The SMILES string of the molecule is O=S(=O)(NCc1ccccc1-n1ccnc1)c1ccc(Br)s1. The zero-order chi connectivity index (χ0) is 15.6. The molecule has 114 valence electrons. The normalized spacial score (nSPS) is 11.7. The van der Waals surface area contributed by atoms with Gasteiger partial charge in [-0.15, -0.1) is 11.3 Å². The van der Waals surface area contributed by atoms with Gasteiger partial charge in [0, 0.05) is 18.9 Å². The molecular formula is C14H12BrN3O2S2. The van der Waals surface area contributed by atoms with Crippen LogP contribution in [-0.2, 0) is 16.6 Å². The first-order valence-corrected chi connectivity index (χ1v) is 9.47. The van der Waals surface area contributed by atoms with Crippen molar-refractivity contribution in [1.29, 1.82) is 0 Å². The molecule has 0 radical (unpaired) electrons. The Labute approximate surface area is 140 Å². The van der Waals surface area contributed by atoms with E-state index >= 15 is 0 Å². The van der Waals surface area contributed by atoms with Gasteiger partial charge in [-0.25, -0.2) is 18.1 Å². The molecule has 0 unspecified atom stereocenters. The van der Waals surface area contributed by atoms with E-state index in [0.717, 1.165) is 15.0 Å². The van der Waals surface area contributed by atoms with Gasteiger partial charge in [0.25, 0.3) is 0 Å². The minimum Gasteiger partial charge on any atom is -0.306 e. The van der Waals surface area contributed by atoms with Gasteiger partial charge in [-0.05, 0) is 39.7 Å². The summed E-state index contributed by atoms with van der Waals surface area (Å²) in [6, 6.07) is 10.9. The molecule has 0 saturated carbocycles. The lowest BCUT2D eigenvalue weighted by molar-refractivity contribution is 0.583. The third kappa shape index (κ3) is 3.30. The van der Waals surface area contributed by atoms with Crippen molar-refractivity contribution in [2.75, 3.05) is 0 Å². The maximum atomic E-state index is 12.3. The van der Waals surface area contributed by atoms with Crippen molar-refractivity contribution in [3.63, 3.8) is 0 Å². The molecule has 1 aromatic carbocycles. The van der Waals surface area contributed by atoms with Gasteiger partial charge in [0.05, 0.1) is 15.8 Å². The second-order valence-corrected chi connectivity index (χ2v) is 8.94. The number of rotatable bonds is 5. The van der Waals surface area contributed by atoms with E-state index in [9.17, 15) is 8.42 Å². The summed E-state index contributed by atoms with van der Waals surface area (Å²) in [4.78, 5) is 4.02. The smallest absolute Gasteiger partial charge is 0.250 e. The first-order chi connectivity index (χ1) is 10.6. The van der Waals surface area contributed by atoms with Crippen molar-refractivity contribution in [3.05, 3.63) is 64.5 Å². The number of nitrogens with zero attached hydrogens (tertiary/aromatic N) is 2. The average molecular weight is 398 g/mol. The number of hydrogen-bond acceptors (Lipinski definition) is 4. The summed E-state index contributed by atoms with van der Waals surface area (Å²) < 4.78 is 30.1. The maximum absolute atomic E-state index is 12.3. The van der Waals surface area contributed by atoms with E-state index in [2.05, 4.69) is 25.6 Å². The monoisotopic (exact) mass is 397 g/mol.